The van der Waals surface area contributed by atoms with E-state index in [-0.39, 0.29) is 12.4 Å². The van der Waals surface area contributed by atoms with Gasteiger partial charge in [0.2, 0.25) is 0 Å². The summed E-state index contributed by atoms with van der Waals surface area (Å²) in [6.45, 7) is 5.27. The molecule has 0 saturated carbocycles. The maximum absolute atomic E-state index is 6.26. The third-order valence-corrected chi connectivity index (χ3v) is 7.04. The minimum Gasteiger partial charge on any atom is -0.489 e. The third kappa shape index (κ3) is 5.05. The second-order valence-electron chi connectivity index (χ2n) is 8.30. The Morgan fingerprint density at radius 1 is 1.03 bits per heavy atom. The molecule has 0 amide bonds. The molecule has 5 heteroatoms. The lowest BCUT2D eigenvalue weighted by Crippen LogP contribution is -2.55. The van der Waals surface area contributed by atoms with Gasteiger partial charge in [-0.3, -0.25) is 4.90 Å². The van der Waals surface area contributed by atoms with E-state index < -0.39 is 0 Å². The van der Waals surface area contributed by atoms with E-state index in [4.69, 9.17) is 27.9 Å². The maximum atomic E-state index is 6.26. The molecule has 1 aliphatic carbocycles. The number of aryl methyl sites for hydroxylation is 1. The average molecular weight is 455 g/mol. The number of piperidine rings is 1. The van der Waals surface area contributed by atoms with Crippen LogP contribution in [0.5, 0.6) is 5.75 Å². The van der Waals surface area contributed by atoms with Gasteiger partial charge < -0.3 is 4.74 Å². The maximum Gasteiger partial charge on any atom is 0.120 e. The minimum atomic E-state index is 0. The molecule has 29 heavy (non-hydrogen) atoms. The molecule has 4 rings (SSSR count). The third-order valence-electron chi connectivity index (χ3n) is 6.45. The summed E-state index contributed by atoms with van der Waals surface area (Å²) in [5, 5.41) is 1.30. The standard InChI is InChI=1S/C24H29Cl2NO.ClH/c1-2-12-27-13-4-3-10-24(27)11-9-18-14-22(8-6-19(18)16-24)28-17-20-5-7-21(25)15-23(20)26;/h5-8,14-15H,2-4,9-13,16-17H2,1H3;1H. The Hall–Kier alpha value is -0.930. The zero-order chi connectivity index (χ0) is 19.6. The SMILES string of the molecule is CCCN1CCCCC12CCc1cc(OCc3ccc(Cl)cc3Cl)ccc1C2.Cl. The van der Waals surface area contributed by atoms with Gasteiger partial charge in [-0.2, -0.15) is 0 Å². The highest BCUT2D eigenvalue weighted by Gasteiger charge is 2.40. The molecule has 0 bridgehead atoms. The molecular weight excluding hydrogens is 425 g/mol. The molecule has 1 unspecified atom stereocenters. The molecule has 0 radical (unpaired) electrons. The first-order valence-electron chi connectivity index (χ1n) is 10.5. The number of likely N-dealkylation sites (tertiary alicyclic amines) is 1. The fourth-order valence-electron chi connectivity index (χ4n) is 4.96. The first-order chi connectivity index (χ1) is 13.6. The highest BCUT2D eigenvalue weighted by molar-refractivity contribution is 6.35. The van der Waals surface area contributed by atoms with Gasteiger partial charge in [-0.15, -0.1) is 12.4 Å². The summed E-state index contributed by atoms with van der Waals surface area (Å²) < 4.78 is 6.04. The van der Waals surface area contributed by atoms with Crippen LogP contribution >= 0.6 is 35.6 Å². The van der Waals surface area contributed by atoms with Crippen molar-refractivity contribution in [2.75, 3.05) is 13.1 Å². The minimum absolute atomic E-state index is 0. The summed E-state index contributed by atoms with van der Waals surface area (Å²) in [7, 11) is 0. The molecule has 2 nitrogen and oxygen atoms in total. The van der Waals surface area contributed by atoms with Crippen molar-refractivity contribution in [2.24, 2.45) is 0 Å². The molecule has 1 spiro atoms. The first-order valence-corrected chi connectivity index (χ1v) is 11.3. The van der Waals surface area contributed by atoms with Crippen LogP contribution in [-0.4, -0.2) is 23.5 Å². The van der Waals surface area contributed by atoms with Gasteiger partial charge in [0.15, 0.2) is 0 Å². The van der Waals surface area contributed by atoms with Gasteiger partial charge in [-0.1, -0.05) is 48.7 Å². The van der Waals surface area contributed by atoms with E-state index in [0.717, 1.165) is 17.7 Å². The van der Waals surface area contributed by atoms with Crippen LogP contribution in [0.1, 0.15) is 55.7 Å². The first kappa shape index (κ1) is 22.7. The summed E-state index contributed by atoms with van der Waals surface area (Å²) in [5.74, 6) is 0.926. The van der Waals surface area contributed by atoms with E-state index in [9.17, 15) is 0 Å². The second-order valence-corrected chi connectivity index (χ2v) is 9.14. The van der Waals surface area contributed by atoms with Crippen molar-refractivity contribution in [3.8, 4) is 5.75 Å². The van der Waals surface area contributed by atoms with Gasteiger partial charge in [0.1, 0.15) is 12.4 Å². The van der Waals surface area contributed by atoms with Crippen molar-refractivity contribution in [1.29, 1.82) is 0 Å². The van der Waals surface area contributed by atoms with Crippen molar-refractivity contribution in [3.63, 3.8) is 0 Å². The summed E-state index contributed by atoms with van der Waals surface area (Å²) in [6, 6.07) is 12.2. The molecular formula is C24H30Cl3NO. The van der Waals surface area contributed by atoms with Crippen LogP contribution in [-0.2, 0) is 19.4 Å². The number of hydrogen-bond acceptors (Lipinski definition) is 2. The molecule has 1 heterocycles. The van der Waals surface area contributed by atoms with Crippen molar-refractivity contribution < 1.29 is 4.74 Å². The topological polar surface area (TPSA) is 12.5 Å². The molecule has 0 aromatic heterocycles. The van der Waals surface area contributed by atoms with E-state index in [1.807, 2.05) is 12.1 Å². The van der Waals surface area contributed by atoms with Crippen molar-refractivity contribution in [2.45, 2.75) is 64.0 Å². The van der Waals surface area contributed by atoms with Crippen LogP contribution < -0.4 is 4.74 Å². The summed E-state index contributed by atoms with van der Waals surface area (Å²) in [5.41, 5.74) is 4.30. The lowest BCUT2D eigenvalue weighted by atomic mass is 9.72. The van der Waals surface area contributed by atoms with Crippen LogP contribution in [0, 0.1) is 0 Å². The largest absolute Gasteiger partial charge is 0.489 e. The van der Waals surface area contributed by atoms with Crippen molar-refractivity contribution >= 4 is 35.6 Å². The quantitative estimate of drug-likeness (QED) is 0.477. The predicted molar refractivity (Wildman–Crippen MR) is 125 cm³/mol. The van der Waals surface area contributed by atoms with Gasteiger partial charge in [0, 0.05) is 21.1 Å². The number of fused-ring (bicyclic) bond motifs is 1. The molecule has 2 aliphatic rings. The second kappa shape index (κ2) is 9.92. The van der Waals surface area contributed by atoms with Crippen LogP contribution in [0.3, 0.4) is 0 Å². The number of hydrogen-bond donors (Lipinski definition) is 0. The lowest BCUT2D eigenvalue weighted by Gasteiger charge is -2.50. The Balaban J connectivity index is 0.00000240. The Kier molecular flexibility index (Phi) is 7.78. The molecule has 158 valence electrons. The fraction of sp³-hybridized carbons (Fsp3) is 0.500. The zero-order valence-corrected chi connectivity index (χ0v) is 19.4. The predicted octanol–water partition coefficient (Wildman–Crippen LogP) is 7.12. The van der Waals surface area contributed by atoms with E-state index in [2.05, 4.69) is 30.0 Å². The number of benzene rings is 2. The highest BCUT2D eigenvalue weighted by Crippen LogP contribution is 2.40. The van der Waals surface area contributed by atoms with E-state index in [1.165, 1.54) is 62.7 Å². The number of nitrogens with zero attached hydrogens (tertiary/aromatic N) is 1. The fourth-order valence-corrected chi connectivity index (χ4v) is 5.42. The Morgan fingerprint density at radius 2 is 1.90 bits per heavy atom. The Bertz CT molecular complexity index is 839. The number of ether oxygens (including phenoxy) is 1. The van der Waals surface area contributed by atoms with E-state index >= 15 is 0 Å². The molecule has 1 fully saturated rings. The van der Waals surface area contributed by atoms with Gasteiger partial charge in [-0.05, 0) is 87.0 Å². The normalized spacial score (nSPS) is 21.5. The summed E-state index contributed by atoms with van der Waals surface area (Å²) >= 11 is 12.2. The molecule has 1 aliphatic heterocycles. The molecule has 0 N–H and O–H groups in total. The van der Waals surface area contributed by atoms with Crippen molar-refractivity contribution in [1.82, 2.24) is 4.90 Å². The molecule has 1 atom stereocenters. The molecule has 2 aromatic carbocycles. The highest BCUT2D eigenvalue weighted by atomic mass is 35.5. The smallest absolute Gasteiger partial charge is 0.120 e. The lowest BCUT2D eigenvalue weighted by molar-refractivity contribution is 0.0340. The van der Waals surface area contributed by atoms with Crippen LogP contribution in [0.2, 0.25) is 10.0 Å². The monoisotopic (exact) mass is 453 g/mol. The number of rotatable bonds is 5. The number of halogens is 3. The van der Waals surface area contributed by atoms with Crippen LogP contribution in [0.4, 0.5) is 0 Å². The summed E-state index contributed by atoms with van der Waals surface area (Å²) in [6.07, 6.45) is 8.92. The van der Waals surface area contributed by atoms with E-state index in [0.29, 0.717) is 22.2 Å². The van der Waals surface area contributed by atoms with Crippen LogP contribution in [0.25, 0.3) is 0 Å². The van der Waals surface area contributed by atoms with Crippen molar-refractivity contribution in [3.05, 3.63) is 63.1 Å². The van der Waals surface area contributed by atoms with Gasteiger partial charge in [0.25, 0.3) is 0 Å². The Morgan fingerprint density at radius 3 is 2.69 bits per heavy atom. The van der Waals surface area contributed by atoms with Gasteiger partial charge >= 0.3 is 0 Å². The van der Waals surface area contributed by atoms with Gasteiger partial charge in [-0.25, -0.2) is 0 Å². The Labute approximate surface area is 190 Å². The average Bonchev–Trinajstić information content (AvgIpc) is 2.69. The van der Waals surface area contributed by atoms with Crippen LogP contribution in [0.15, 0.2) is 36.4 Å². The zero-order valence-electron chi connectivity index (χ0n) is 17.1. The van der Waals surface area contributed by atoms with E-state index in [1.54, 1.807) is 6.07 Å². The van der Waals surface area contributed by atoms with Gasteiger partial charge in [0.05, 0.1) is 0 Å². The summed E-state index contributed by atoms with van der Waals surface area (Å²) in [4.78, 5) is 2.78. The molecule has 1 saturated heterocycles. The molecule has 2 aromatic rings.